The lowest BCUT2D eigenvalue weighted by molar-refractivity contribution is 0.577. The van der Waals surface area contributed by atoms with Crippen molar-refractivity contribution in [3.63, 3.8) is 0 Å². The van der Waals surface area contributed by atoms with E-state index in [2.05, 4.69) is 41.8 Å². The van der Waals surface area contributed by atoms with Gasteiger partial charge in [0.25, 0.3) is 0 Å². The molecule has 0 unspecified atom stereocenters. The number of thiazole rings is 1. The van der Waals surface area contributed by atoms with Gasteiger partial charge in [-0.3, -0.25) is 0 Å². The highest BCUT2D eigenvalue weighted by Gasteiger charge is 2.20. The van der Waals surface area contributed by atoms with Crippen molar-refractivity contribution >= 4 is 11.3 Å². The molecule has 1 fully saturated rings. The third-order valence-electron chi connectivity index (χ3n) is 3.54. The van der Waals surface area contributed by atoms with Gasteiger partial charge in [0, 0.05) is 17.3 Å². The van der Waals surface area contributed by atoms with Gasteiger partial charge in [-0.05, 0) is 25.3 Å². The summed E-state index contributed by atoms with van der Waals surface area (Å²) < 4.78 is 1.87. The molecular formula is C15H23N5S. The lowest BCUT2D eigenvalue weighted by Crippen LogP contribution is -2.16. The maximum atomic E-state index is 4.69. The highest BCUT2D eigenvalue weighted by Crippen LogP contribution is 2.27. The minimum atomic E-state index is 0.114. The van der Waals surface area contributed by atoms with Crippen LogP contribution in [0, 0.1) is 5.92 Å². The third kappa shape index (κ3) is 4.11. The maximum Gasteiger partial charge on any atom is 0.0982 e. The fourth-order valence-electron chi connectivity index (χ4n) is 2.11. The molecule has 0 bridgehead atoms. The van der Waals surface area contributed by atoms with Crippen molar-refractivity contribution in [1.82, 2.24) is 25.3 Å². The second-order valence-electron chi connectivity index (χ2n) is 6.88. The molecule has 6 heteroatoms. The van der Waals surface area contributed by atoms with Crippen molar-refractivity contribution in [3.05, 3.63) is 28.0 Å². The second kappa shape index (κ2) is 5.85. The summed E-state index contributed by atoms with van der Waals surface area (Å²) >= 11 is 1.72. The van der Waals surface area contributed by atoms with Crippen molar-refractivity contribution in [1.29, 1.82) is 0 Å². The monoisotopic (exact) mass is 305 g/mol. The van der Waals surface area contributed by atoms with Crippen LogP contribution < -0.4 is 5.32 Å². The molecule has 21 heavy (non-hydrogen) atoms. The molecule has 2 aromatic heterocycles. The summed E-state index contributed by atoms with van der Waals surface area (Å²) in [5.74, 6) is 0.894. The molecule has 0 aliphatic heterocycles. The molecule has 0 saturated heterocycles. The smallest absolute Gasteiger partial charge is 0.0982 e. The molecule has 0 spiro atoms. The van der Waals surface area contributed by atoms with E-state index in [0.717, 1.165) is 30.4 Å². The normalized spacial score (nSPS) is 15.6. The van der Waals surface area contributed by atoms with Crippen molar-refractivity contribution < 1.29 is 0 Å². The Labute approximate surface area is 129 Å². The molecule has 114 valence electrons. The Bertz CT molecular complexity index is 591. The first-order valence-corrected chi connectivity index (χ1v) is 8.43. The van der Waals surface area contributed by atoms with E-state index in [1.165, 1.54) is 17.8 Å². The molecule has 0 amide bonds. The van der Waals surface area contributed by atoms with Gasteiger partial charge in [0.15, 0.2) is 0 Å². The molecule has 1 N–H and O–H groups in total. The number of aromatic nitrogens is 4. The molecule has 0 radical (unpaired) electrons. The van der Waals surface area contributed by atoms with Crippen molar-refractivity contribution in [2.24, 2.45) is 5.92 Å². The fourth-order valence-corrected chi connectivity index (χ4v) is 3.01. The van der Waals surface area contributed by atoms with Crippen molar-refractivity contribution in [3.8, 4) is 0 Å². The zero-order valence-corrected chi connectivity index (χ0v) is 13.8. The highest BCUT2D eigenvalue weighted by molar-refractivity contribution is 7.09. The standard InChI is InChI=1S/C15H23N5S/c1-15(2,3)14-17-13(10-21-14)9-20-8-12(18-19-20)7-16-6-11-4-5-11/h8,10-11,16H,4-7,9H2,1-3H3. The molecule has 0 aromatic carbocycles. The Morgan fingerprint density at radius 1 is 1.33 bits per heavy atom. The Morgan fingerprint density at radius 3 is 2.81 bits per heavy atom. The molecule has 1 saturated carbocycles. The molecule has 1 aliphatic carbocycles. The van der Waals surface area contributed by atoms with Gasteiger partial charge in [-0.1, -0.05) is 26.0 Å². The van der Waals surface area contributed by atoms with Crippen LogP contribution in [0.2, 0.25) is 0 Å². The van der Waals surface area contributed by atoms with Gasteiger partial charge in [-0.15, -0.1) is 16.4 Å². The minimum Gasteiger partial charge on any atom is -0.311 e. The SMILES string of the molecule is CC(C)(C)c1nc(Cn2cc(CNCC3CC3)nn2)cs1. The summed E-state index contributed by atoms with van der Waals surface area (Å²) in [6, 6.07) is 0. The average Bonchev–Trinajstić information content (AvgIpc) is 2.93. The van der Waals surface area contributed by atoms with Crippen LogP contribution in [0.5, 0.6) is 0 Å². The summed E-state index contributed by atoms with van der Waals surface area (Å²) in [6.45, 7) is 9.18. The predicted octanol–water partition coefficient (Wildman–Crippen LogP) is 2.58. The predicted molar refractivity (Wildman–Crippen MR) is 84.4 cm³/mol. The summed E-state index contributed by atoms with van der Waals surface area (Å²) in [5, 5.41) is 15.1. The van der Waals surface area contributed by atoms with Gasteiger partial charge < -0.3 is 5.32 Å². The first kappa shape index (κ1) is 14.7. The van der Waals surface area contributed by atoms with Crippen molar-refractivity contribution in [2.45, 2.75) is 52.1 Å². The average molecular weight is 305 g/mol. The van der Waals surface area contributed by atoms with Gasteiger partial charge in [0.2, 0.25) is 0 Å². The first-order valence-electron chi connectivity index (χ1n) is 7.55. The molecule has 0 atom stereocenters. The van der Waals surface area contributed by atoms with Gasteiger partial charge in [-0.25, -0.2) is 9.67 Å². The quantitative estimate of drug-likeness (QED) is 0.891. The van der Waals surface area contributed by atoms with Crippen molar-refractivity contribution in [2.75, 3.05) is 6.54 Å². The molecule has 5 nitrogen and oxygen atoms in total. The van der Waals surface area contributed by atoms with Gasteiger partial charge in [-0.2, -0.15) is 0 Å². The van der Waals surface area contributed by atoms with Gasteiger partial charge >= 0.3 is 0 Å². The Balaban J connectivity index is 1.54. The summed E-state index contributed by atoms with van der Waals surface area (Å²) in [6.07, 6.45) is 4.76. The Kier molecular flexibility index (Phi) is 4.08. The summed E-state index contributed by atoms with van der Waals surface area (Å²) in [5.41, 5.74) is 2.18. The van der Waals surface area contributed by atoms with Crippen LogP contribution in [-0.2, 0) is 18.5 Å². The molecular weight excluding hydrogens is 282 g/mol. The van der Waals surface area contributed by atoms with Crippen LogP contribution in [0.1, 0.15) is 50.0 Å². The Morgan fingerprint density at radius 2 is 2.14 bits per heavy atom. The lowest BCUT2D eigenvalue weighted by atomic mass is 9.98. The number of hydrogen-bond donors (Lipinski definition) is 1. The summed E-state index contributed by atoms with van der Waals surface area (Å²) in [4.78, 5) is 4.69. The molecule has 1 aliphatic rings. The first-order chi connectivity index (χ1) is 10.0. The highest BCUT2D eigenvalue weighted by atomic mass is 32.1. The van der Waals surface area contributed by atoms with E-state index in [-0.39, 0.29) is 5.41 Å². The maximum absolute atomic E-state index is 4.69. The van der Waals surface area contributed by atoms with Crippen LogP contribution in [0.4, 0.5) is 0 Å². The number of nitrogens with one attached hydrogen (secondary N) is 1. The number of hydrogen-bond acceptors (Lipinski definition) is 5. The van der Waals surface area contributed by atoms with E-state index >= 15 is 0 Å². The topological polar surface area (TPSA) is 55.6 Å². The second-order valence-corrected chi connectivity index (χ2v) is 7.73. The van der Waals surface area contributed by atoms with Crippen LogP contribution in [-0.4, -0.2) is 26.5 Å². The van der Waals surface area contributed by atoms with E-state index in [9.17, 15) is 0 Å². The van der Waals surface area contributed by atoms with Crippen LogP contribution >= 0.6 is 11.3 Å². The molecule has 2 aromatic rings. The van der Waals surface area contributed by atoms with E-state index in [0.29, 0.717) is 6.54 Å². The molecule has 2 heterocycles. The van der Waals surface area contributed by atoms with E-state index in [4.69, 9.17) is 4.98 Å². The number of rotatable bonds is 6. The Hall–Kier alpha value is -1.27. The van der Waals surface area contributed by atoms with Crippen LogP contribution in [0.3, 0.4) is 0 Å². The van der Waals surface area contributed by atoms with Gasteiger partial charge in [0.05, 0.1) is 29.1 Å². The minimum absolute atomic E-state index is 0.114. The zero-order chi connectivity index (χ0) is 14.9. The van der Waals surface area contributed by atoms with E-state index in [1.54, 1.807) is 11.3 Å². The van der Waals surface area contributed by atoms with Crippen LogP contribution in [0.25, 0.3) is 0 Å². The fraction of sp³-hybridized carbons (Fsp3) is 0.667. The third-order valence-corrected chi connectivity index (χ3v) is 4.86. The largest absolute Gasteiger partial charge is 0.311 e. The van der Waals surface area contributed by atoms with Crippen LogP contribution in [0.15, 0.2) is 11.6 Å². The van der Waals surface area contributed by atoms with E-state index < -0.39 is 0 Å². The van der Waals surface area contributed by atoms with Gasteiger partial charge in [0.1, 0.15) is 0 Å². The zero-order valence-electron chi connectivity index (χ0n) is 13.0. The number of nitrogens with zero attached hydrogens (tertiary/aromatic N) is 4. The lowest BCUT2D eigenvalue weighted by Gasteiger charge is -2.13. The molecule has 3 rings (SSSR count). The summed E-state index contributed by atoms with van der Waals surface area (Å²) in [7, 11) is 0. The van der Waals surface area contributed by atoms with E-state index in [1.807, 2.05) is 10.9 Å².